The molecule has 0 bridgehead atoms. The third-order valence-corrected chi connectivity index (χ3v) is 2.41. The first-order valence-electron chi connectivity index (χ1n) is 5.78. The zero-order chi connectivity index (χ0) is 17.0. The number of benzene rings is 1. The van der Waals surface area contributed by atoms with Crippen LogP contribution in [-0.4, -0.2) is 24.2 Å². The lowest BCUT2D eigenvalue weighted by molar-refractivity contribution is -0.173. The van der Waals surface area contributed by atoms with E-state index in [0.717, 1.165) is 0 Å². The molecule has 0 aliphatic carbocycles. The van der Waals surface area contributed by atoms with Gasteiger partial charge in [-0.3, -0.25) is 9.59 Å². The highest BCUT2D eigenvalue weighted by atomic mass is 19.4. The Balaban J connectivity index is 2.60. The quantitative estimate of drug-likeness (QED) is 0.831. The molecule has 0 aliphatic heterocycles. The second-order valence-corrected chi connectivity index (χ2v) is 4.18. The summed E-state index contributed by atoms with van der Waals surface area (Å²) in [6.45, 7) is -0.890. The average molecular weight is 328 g/mol. The van der Waals surface area contributed by atoms with E-state index in [1.165, 1.54) is 24.3 Å². The Morgan fingerprint density at radius 2 is 1.18 bits per heavy atom. The topological polar surface area (TPSA) is 58.2 Å². The molecule has 0 radical (unpaired) electrons. The van der Waals surface area contributed by atoms with Gasteiger partial charge in [0.05, 0.1) is 0 Å². The lowest BCUT2D eigenvalue weighted by Crippen LogP contribution is -2.36. The molecule has 4 nitrogen and oxygen atoms in total. The largest absolute Gasteiger partial charge is 0.471 e. The van der Waals surface area contributed by atoms with Gasteiger partial charge >= 0.3 is 24.2 Å². The van der Waals surface area contributed by atoms with E-state index in [-0.39, 0.29) is 11.1 Å². The summed E-state index contributed by atoms with van der Waals surface area (Å²) in [6, 6.07) is 5.41. The van der Waals surface area contributed by atoms with Crippen LogP contribution >= 0.6 is 0 Å². The van der Waals surface area contributed by atoms with Gasteiger partial charge in [-0.2, -0.15) is 26.3 Å². The highest BCUT2D eigenvalue weighted by molar-refractivity contribution is 5.82. The molecule has 0 spiro atoms. The van der Waals surface area contributed by atoms with Crippen LogP contribution < -0.4 is 10.6 Å². The number of rotatable bonds is 4. The van der Waals surface area contributed by atoms with Crippen LogP contribution in [0.15, 0.2) is 24.3 Å². The number of alkyl halides is 6. The van der Waals surface area contributed by atoms with Gasteiger partial charge in [-0.25, -0.2) is 0 Å². The second kappa shape index (κ2) is 6.67. The molecule has 10 heteroatoms. The molecule has 22 heavy (non-hydrogen) atoms. The molecule has 0 heterocycles. The molecule has 1 aromatic carbocycles. The van der Waals surface area contributed by atoms with Gasteiger partial charge < -0.3 is 10.6 Å². The van der Waals surface area contributed by atoms with E-state index in [1.807, 2.05) is 0 Å². The number of halogens is 6. The fourth-order valence-corrected chi connectivity index (χ4v) is 1.41. The van der Waals surface area contributed by atoms with E-state index in [4.69, 9.17) is 0 Å². The summed E-state index contributed by atoms with van der Waals surface area (Å²) in [5.41, 5.74) is 0.493. The third kappa shape index (κ3) is 5.62. The van der Waals surface area contributed by atoms with Gasteiger partial charge in [0.25, 0.3) is 0 Å². The summed E-state index contributed by atoms with van der Waals surface area (Å²) in [7, 11) is 0. The zero-order valence-corrected chi connectivity index (χ0v) is 10.8. The van der Waals surface area contributed by atoms with Crippen molar-refractivity contribution in [3.8, 4) is 0 Å². The summed E-state index contributed by atoms with van der Waals surface area (Å²) >= 11 is 0. The van der Waals surface area contributed by atoms with Crippen molar-refractivity contribution >= 4 is 11.8 Å². The number of hydrogen-bond acceptors (Lipinski definition) is 2. The van der Waals surface area contributed by atoms with Crippen molar-refractivity contribution in [2.24, 2.45) is 0 Å². The number of hydrogen-bond donors (Lipinski definition) is 2. The van der Waals surface area contributed by atoms with Crippen LogP contribution in [0.2, 0.25) is 0 Å². The Labute approximate surface area is 120 Å². The van der Waals surface area contributed by atoms with Crippen molar-refractivity contribution in [2.45, 2.75) is 25.4 Å². The Kier molecular flexibility index (Phi) is 5.39. The molecule has 1 rings (SSSR count). The van der Waals surface area contributed by atoms with Gasteiger partial charge in [-0.05, 0) is 11.1 Å². The minimum Gasteiger partial charge on any atom is -0.344 e. The Bertz CT molecular complexity index is 508. The van der Waals surface area contributed by atoms with E-state index < -0.39 is 37.3 Å². The van der Waals surface area contributed by atoms with Gasteiger partial charge in [-0.1, -0.05) is 24.3 Å². The zero-order valence-electron chi connectivity index (χ0n) is 10.8. The first-order chi connectivity index (χ1) is 10.00. The van der Waals surface area contributed by atoms with Crippen LogP contribution in [0.25, 0.3) is 0 Å². The van der Waals surface area contributed by atoms with E-state index >= 15 is 0 Å². The number of carbonyl (C=O) groups excluding carboxylic acids is 2. The lowest BCUT2D eigenvalue weighted by Gasteiger charge is -2.10. The highest BCUT2D eigenvalue weighted by Crippen LogP contribution is 2.16. The number of carbonyl (C=O) groups is 2. The molecule has 0 aliphatic rings. The predicted molar refractivity (Wildman–Crippen MR) is 62.2 cm³/mol. The van der Waals surface area contributed by atoms with Crippen molar-refractivity contribution in [2.75, 3.05) is 0 Å². The van der Waals surface area contributed by atoms with Crippen LogP contribution in [0.3, 0.4) is 0 Å². The Hall–Kier alpha value is -2.26. The maximum absolute atomic E-state index is 12.0. The number of nitrogens with one attached hydrogen (secondary N) is 2. The normalized spacial score (nSPS) is 11.9. The molecule has 2 N–H and O–H groups in total. The maximum Gasteiger partial charge on any atom is 0.471 e. The summed E-state index contributed by atoms with van der Waals surface area (Å²) in [6.07, 6.45) is -10.0. The van der Waals surface area contributed by atoms with Crippen molar-refractivity contribution < 1.29 is 35.9 Å². The van der Waals surface area contributed by atoms with E-state index in [9.17, 15) is 35.9 Å². The van der Waals surface area contributed by atoms with Crippen molar-refractivity contribution in [1.29, 1.82) is 0 Å². The molecular formula is C12H10F6N2O2. The van der Waals surface area contributed by atoms with Gasteiger partial charge in [0.2, 0.25) is 0 Å². The smallest absolute Gasteiger partial charge is 0.344 e. The Morgan fingerprint density at radius 3 is 1.50 bits per heavy atom. The van der Waals surface area contributed by atoms with Crippen LogP contribution in [0.1, 0.15) is 11.1 Å². The van der Waals surface area contributed by atoms with Crippen LogP contribution in [0.5, 0.6) is 0 Å². The molecule has 0 saturated heterocycles. The molecule has 1 aromatic rings. The summed E-state index contributed by atoms with van der Waals surface area (Å²) < 4.78 is 71.9. The molecule has 122 valence electrons. The van der Waals surface area contributed by atoms with E-state index in [2.05, 4.69) is 0 Å². The predicted octanol–water partition coefficient (Wildman–Crippen LogP) is 2.04. The minimum atomic E-state index is -5.02. The van der Waals surface area contributed by atoms with Gasteiger partial charge in [-0.15, -0.1) is 0 Å². The van der Waals surface area contributed by atoms with Gasteiger partial charge in [0, 0.05) is 13.1 Å². The van der Waals surface area contributed by atoms with Crippen LogP contribution in [-0.2, 0) is 22.7 Å². The standard InChI is InChI=1S/C12H10F6N2O2/c13-11(14,15)9(21)19-5-7-2-1-3-8(4-7)6-20-10(22)12(16,17)18/h1-4H,5-6H2,(H,19,21)(H,20,22). The first kappa shape index (κ1) is 17.8. The van der Waals surface area contributed by atoms with Crippen molar-refractivity contribution in [3.63, 3.8) is 0 Å². The molecule has 0 unspecified atom stereocenters. The lowest BCUT2D eigenvalue weighted by atomic mass is 10.1. The first-order valence-corrected chi connectivity index (χ1v) is 5.78. The summed E-state index contributed by atoms with van der Waals surface area (Å²) in [5, 5.41) is 3.25. The highest BCUT2D eigenvalue weighted by Gasteiger charge is 2.39. The number of amides is 2. The second-order valence-electron chi connectivity index (χ2n) is 4.18. The molecule has 0 aromatic heterocycles. The molecule has 0 saturated carbocycles. The van der Waals surface area contributed by atoms with Crippen LogP contribution in [0, 0.1) is 0 Å². The maximum atomic E-state index is 12.0. The molecular weight excluding hydrogens is 318 g/mol. The fourth-order valence-electron chi connectivity index (χ4n) is 1.41. The summed E-state index contributed by atoms with van der Waals surface area (Å²) in [5.74, 6) is -4.24. The van der Waals surface area contributed by atoms with Gasteiger partial charge in [0.15, 0.2) is 0 Å². The van der Waals surface area contributed by atoms with Crippen LogP contribution in [0.4, 0.5) is 26.3 Å². The van der Waals surface area contributed by atoms with Crippen molar-refractivity contribution in [1.82, 2.24) is 10.6 Å². The molecule has 2 amide bonds. The fraction of sp³-hybridized carbons (Fsp3) is 0.333. The monoisotopic (exact) mass is 328 g/mol. The Morgan fingerprint density at radius 1 is 0.818 bits per heavy atom. The SMILES string of the molecule is O=C(NCc1cccc(CNC(=O)C(F)(F)F)c1)C(F)(F)F. The third-order valence-electron chi connectivity index (χ3n) is 2.41. The van der Waals surface area contributed by atoms with E-state index in [0.29, 0.717) is 0 Å². The van der Waals surface area contributed by atoms with E-state index in [1.54, 1.807) is 10.6 Å². The average Bonchev–Trinajstić information content (AvgIpc) is 2.40. The minimum absolute atomic E-state index is 0.247. The van der Waals surface area contributed by atoms with Crippen molar-refractivity contribution in [3.05, 3.63) is 35.4 Å². The molecule has 0 fully saturated rings. The van der Waals surface area contributed by atoms with Gasteiger partial charge in [0.1, 0.15) is 0 Å². The molecule has 0 atom stereocenters. The summed E-state index contributed by atoms with van der Waals surface area (Å²) in [4.78, 5) is 21.3.